The Morgan fingerprint density at radius 1 is 1.43 bits per heavy atom. The van der Waals surface area contributed by atoms with E-state index in [1.54, 1.807) is 6.07 Å². The molecule has 2 nitrogen and oxygen atoms in total. The van der Waals surface area contributed by atoms with Crippen LogP contribution >= 0.6 is 0 Å². The summed E-state index contributed by atoms with van der Waals surface area (Å²) in [5.74, 6) is 0. The van der Waals surface area contributed by atoms with Crippen molar-refractivity contribution in [3.05, 3.63) is 37.8 Å². The van der Waals surface area contributed by atoms with Gasteiger partial charge in [0, 0.05) is 0 Å². The number of nitrogens with zero attached hydrogens (tertiary/aromatic N) is 1. The zero-order valence-corrected chi connectivity index (χ0v) is 11.7. The quantitative estimate of drug-likeness (QED) is 0.606. The van der Waals surface area contributed by atoms with Crippen LogP contribution in [0.4, 0.5) is 5.69 Å². The average Bonchev–Trinajstić information content (AvgIpc) is 2.07. The number of hydrogen-bond acceptors (Lipinski definition) is 1. The summed E-state index contributed by atoms with van der Waals surface area (Å²) < 4.78 is 0. The minimum absolute atomic E-state index is 0. The molecule has 0 atom stereocenters. The summed E-state index contributed by atoms with van der Waals surface area (Å²) in [6.07, 6.45) is 1.87. The fourth-order valence-electron chi connectivity index (χ4n) is 0.966. The molecule has 0 bridgehead atoms. The van der Waals surface area contributed by atoms with Gasteiger partial charge in [0.1, 0.15) is 0 Å². The zero-order chi connectivity index (χ0) is 8.97. The maximum absolute atomic E-state index is 10.5. The van der Waals surface area contributed by atoms with Crippen LogP contribution in [-0.2, 0) is 37.5 Å². The molecule has 0 saturated heterocycles. The SMILES string of the molecule is CC(C)N([C-]=O)c1[c-]cccc1.[CH3-].[Y+3]. The smallest absolute Gasteiger partial charge is 0.496 e. The predicted octanol–water partition coefficient (Wildman–Crippen LogP) is 2.22. The third-order valence-electron chi connectivity index (χ3n) is 1.57. The number of hydrogen-bond donors (Lipinski definition) is 0. The van der Waals surface area contributed by atoms with E-state index in [2.05, 4.69) is 6.07 Å². The van der Waals surface area contributed by atoms with Gasteiger partial charge in [0.05, 0.1) is 6.41 Å². The Kier molecular flexibility index (Phi) is 9.43. The molecular formula is C11H14NOY. The Balaban J connectivity index is 0. The van der Waals surface area contributed by atoms with E-state index in [1.807, 2.05) is 38.5 Å². The van der Waals surface area contributed by atoms with Crippen LogP contribution in [-0.4, -0.2) is 12.5 Å². The fraction of sp³-hybridized carbons (Fsp3) is 0.273. The predicted molar refractivity (Wildman–Crippen MR) is 55.0 cm³/mol. The third kappa shape index (κ3) is 4.34. The van der Waals surface area contributed by atoms with Crippen molar-refractivity contribution in [2.75, 3.05) is 4.90 Å². The van der Waals surface area contributed by atoms with Crippen molar-refractivity contribution in [3.63, 3.8) is 0 Å². The minimum Gasteiger partial charge on any atom is -0.496 e. The van der Waals surface area contributed by atoms with Crippen molar-refractivity contribution >= 4 is 12.1 Å². The first-order valence-corrected chi connectivity index (χ1v) is 3.89. The summed E-state index contributed by atoms with van der Waals surface area (Å²) in [6.45, 7) is 3.87. The first kappa shape index (κ1) is 16.2. The van der Waals surface area contributed by atoms with Crippen molar-refractivity contribution in [2.45, 2.75) is 19.9 Å². The molecule has 1 aromatic carbocycles. The number of para-hydroxylation sites is 1. The summed E-state index contributed by atoms with van der Waals surface area (Å²) in [7, 11) is 0. The van der Waals surface area contributed by atoms with Crippen LogP contribution in [0.2, 0.25) is 0 Å². The molecule has 72 valence electrons. The van der Waals surface area contributed by atoms with Crippen LogP contribution in [0, 0.1) is 13.5 Å². The second kappa shape index (κ2) is 8.13. The van der Waals surface area contributed by atoms with Crippen molar-refractivity contribution < 1.29 is 37.5 Å². The van der Waals surface area contributed by atoms with Gasteiger partial charge in [-0.15, -0.1) is 0 Å². The Morgan fingerprint density at radius 3 is 2.43 bits per heavy atom. The normalized spacial score (nSPS) is 8.50. The summed E-state index contributed by atoms with van der Waals surface area (Å²) in [4.78, 5) is 12.0. The van der Waals surface area contributed by atoms with Gasteiger partial charge in [0.2, 0.25) is 0 Å². The van der Waals surface area contributed by atoms with Crippen molar-refractivity contribution in [1.82, 2.24) is 0 Å². The van der Waals surface area contributed by atoms with Gasteiger partial charge in [0.15, 0.2) is 0 Å². The van der Waals surface area contributed by atoms with E-state index < -0.39 is 0 Å². The van der Waals surface area contributed by atoms with Gasteiger partial charge >= 0.3 is 32.7 Å². The molecule has 3 heteroatoms. The molecule has 0 aliphatic heterocycles. The number of anilines is 1. The molecule has 1 aromatic rings. The standard InChI is InChI=1S/C10H11NO.CH3.Y/c1-9(2)11(8-12)10-6-4-3-5-7-10;;/h3-6,9H,1-2H3;1H3;/q-2;-1;+3. The molecule has 0 spiro atoms. The Morgan fingerprint density at radius 2 is 2.07 bits per heavy atom. The number of benzene rings is 1. The first-order chi connectivity index (χ1) is 5.75. The van der Waals surface area contributed by atoms with Gasteiger partial charge in [-0.2, -0.15) is 18.2 Å². The third-order valence-corrected chi connectivity index (χ3v) is 1.57. The van der Waals surface area contributed by atoms with Gasteiger partial charge in [-0.25, -0.2) is 11.8 Å². The van der Waals surface area contributed by atoms with Gasteiger partial charge in [-0.3, -0.25) is 6.07 Å². The minimum atomic E-state index is 0. The maximum atomic E-state index is 10.5. The monoisotopic (exact) mass is 265 g/mol. The molecule has 0 aliphatic rings. The second-order valence-corrected chi connectivity index (χ2v) is 2.80. The Bertz CT molecular complexity index is 249. The molecule has 0 fully saturated rings. The molecule has 0 saturated carbocycles. The Labute approximate surface area is 112 Å². The van der Waals surface area contributed by atoms with E-state index in [0.717, 1.165) is 5.69 Å². The molecule has 14 heavy (non-hydrogen) atoms. The molecular weight excluding hydrogens is 251 g/mol. The molecule has 0 radical (unpaired) electrons. The Hall–Kier alpha value is -0.206. The number of amides is 1. The number of carbonyl (C=O) groups excluding carboxylic acids is 1. The topological polar surface area (TPSA) is 20.3 Å². The van der Waals surface area contributed by atoms with Crippen LogP contribution in [0.15, 0.2) is 24.3 Å². The molecule has 0 heterocycles. The summed E-state index contributed by atoms with van der Waals surface area (Å²) in [6, 6.07) is 10.4. The summed E-state index contributed by atoms with van der Waals surface area (Å²) in [5, 5.41) is 0. The van der Waals surface area contributed by atoms with Crippen LogP contribution < -0.4 is 4.90 Å². The van der Waals surface area contributed by atoms with Gasteiger partial charge in [-0.1, -0.05) is 0 Å². The van der Waals surface area contributed by atoms with E-state index in [1.165, 1.54) is 4.90 Å². The van der Waals surface area contributed by atoms with Crippen molar-refractivity contribution in [2.24, 2.45) is 0 Å². The molecule has 0 aromatic heterocycles. The molecule has 0 unspecified atom stereocenters. The van der Waals surface area contributed by atoms with Crippen LogP contribution in [0.1, 0.15) is 13.8 Å². The van der Waals surface area contributed by atoms with Crippen molar-refractivity contribution in [3.8, 4) is 0 Å². The number of rotatable bonds is 3. The van der Waals surface area contributed by atoms with Crippen LogP contribution in [0.25, 0.3) is 0 Å². The van der Waals surface area contributed by atoms with Crippen molar-refractivity contribution in [1.29, 1.82) is 0 Å². The van der Waals surface area contributed by atoms with Crippen LogP contribution in [0.5, 0.6) is 0 Å². The van der Waals surface area contributed by atoms with E-state index in [9.17, 15) is 4.79 Å². The fourth-order valence-corrected chi connectivity index (χ4v) is 0.966. The van der Waals surface area contributed by atoms with E-state index >= 15 is 0 Å². The van der Waals surface area contributed by atoms with Crippen LogP contribution in [0.3, 0.4) is 0 Å². The molecule has 0 N–H and O–H groups in total. The van der Waals surface area contributed by atoms with Gasteiger partial charge < -0.3 is 17.1 Å². The molecule has 1 rings (SSSR count). The van der Waals surface area contributed by atoms with E-state index in [-0.39, 0.29) is 46.2 Å². The average molecular weight is 265 g/mol. The summed E-state index contributed by atoms with van der Waals surface area (Å²) >= 11 is 0. The second-order valence-electron chi connectivity index (χ2n) is 2.80. The van der Waals surface area contributed by atoms with E-state index in [4.69, 9.17) is 0 Å². The van der Waals surface area contributed by atoms with E-state index in [0.29, 0.717) is 0 Å². The molecule has 1 amide bonds. The summed E-state index contributed by atoms with van der Waals surface area (Å²) in [5.41, 5.74) is 0.766. The zero-order valence-electron chi connectivity index (χ0n) is 8.82. The largest absolute Gasteiger partial charge is 3.00 e. The first-order valence-electron chi connectivity index (χ1n) is 3.89. The molecule has 0 aliphatic carbocycles. The van der Waals surface area contributed by atoms with Gasteiger partial charge in [0.25, 0.3) is 0 Å². The maximum Gasteiger partial charge on any atom is 3.00 e. The van der Waals surface area contributed by atoms with Gasteiger partial charge in [-0.05, 0) is 19.9 Å².